The van der Waals surface area contributed by atoms with Crippen LogP contribution in [0.15, 0.2) is 47.8 Å². The van der Waals surface area contributed by atoms with Gasteiger partial charge in [0.2, 0.25) is 0 Å². The Morgan fingerprint density at radius 3 is 3.00 bits per heavy atom. The van der Waals surface area contributed by atoms with Crippen molar-refractivity contribution in [3.63, 3.8) is 0 Å². The number of nitrogens with zero attached hydrogens (tertiary/aromatic N) is 6. The zero-order chi connectivity index (χ0) is 17.9. The smallest absolute Gasteiger partial charge is 0.254 e. The number of nitrogens with one attached hydrogen (secondary N) is 1. The molecule has 9 heteroatoms. The molecule has 26 heavy (non-hydrogen) atoms. The third kappa shape index (κ3) is 3.25. The number of hydrogen-bond donors (Lipinski definition) is 1. The highest BCUT2D eigenvalue weighted by molar-refractivity contribution is 5.94. The fraction of sp³-hybridized carbons (Fsp3) is 0.412. The van der Waals surface area contributed by atoms with Crippen molar-refractivity contribution in [2.45, 2.75) is 32.1 Å². The average Bonchev–Trinajstić information content (AvgIpc) is 3.43. The summed E-state index contributed by atoms with van der Waals surface area (Å²) >= 11 is 0. The topological polar surface area (TPSA) is 94.0 Å². The summed E-state index contributed by atoms with van der Waals surface area (Å²) < 4.78 is 8.95. The Morgan fingerprint density at radius 1 is 1.35 bits per heavy atom. The van der Waals surface area contributed by atoms with E-state index in [1.807, 2.05) is 23.3 Å². The van der Waals surface area contributed by atoms with E-state index in [-0.39, 0.29) is 18.0 Å². The van der Waals surface area contributed by atoms with E-state index in [9.17, 15) is 4.79 Å². The number of imidazole rings is 1. The minimum absolute atomic E-state index is 0.0124. The van der Waals surface area contributed by atoms with Crippen molar-refractivity contribution >= 4 is 5.91 Å². The molecule has 0 aliphatic carbocycles. The van der Waals surface area contributed by atoms with Gasteiger partial charge in [0.1, 0.15) is 12.1 Å². The molecule has 4 rings (SSSR count). The molecule has 9 nitrogen and oxygen atoms in total. The Hall–Kier alpha value is -2.94. The number of carbonyl (C=O) groups is 1. The van der Waals surface area contributed by atoms with Gasteiger partial charge in [-0.1, -0.05) is 5.21 Å². The molecule has 1 N–H and O–H groups in total. The summed E-state index contributed by atoms with van der Waals surface area (Å²) in [6, 6.07) is 1.59. The molecular weight excluding hydrogens is 334 g/mol. The van der Waals surface area contributed by atoms with E-state index in [0.29, 0.717) is 12.1 Å². The van der Waals surface area contributed by atoms with Gasteiger partial charge in [-0.3, -0.25) is 9.69 Å². The van der Waals surface area contributed by atoms with Gasteiger partial charge in [0.25, 0.3) is 5.91 Å². The first-order valence-corrected chi connectivity index (χ1v) is 8.66. The molecular formula is C17H21N7O2. The highest BCUT2D eigenvalue weighted by Crippen LogP contribution is 2.23. The third-order valence-electron chi connectivity index (χ3n) is 4.75. The molecule has 1 fully saturated rings. The van der Waals surface area contributed by atoms with Crippen LogP contribution in [0.3, 0.4) is 0 Å². The van der Waals surface area contributed by atoms with E-state index >= 15 is 0 Å². The predicted molar refractivity (Wildman–Crippen MR) is 92.2 cm³/mol. The zero-order valence-corrected chi connectivity index (χ0v) is 14.5. The lowest BCUT2D eigenvalue weighted by atomic mass is 10.1. The van der Waals surface area contributed by atoms with Crippen LogP contribution >= 0.6 is 0 Å². The predicted octanol–water partition coefficient (Wildman–Crippen LogP) is 0.943. The summed E-state index contributed by atoms with van der Waals surface area (Å²) in [4.78, 5) is 19.2. The Kier molecular flexibility index (Phi) is 4.53. The summed E-state index contributed by atoms with van der Waals surface area (Å²) in [7, 11) is 0. The molecule has 1 saturated heterocycles. The number of aromatic nitrogens is 5. The van der Waals surface area contributed by atoms with E-state index in [1.165, 1.54) is 12.5 Å². The van der Waals surface area contributed by atoms with Gasteiger partial charge in [0, 0.05) is 38.2 Å². The molecule has 4 heterocycles. The maximum atomic E-state index is 12.4. The van der Waals surface area contributed by atoms with Crippen LogP contribution in [-0.4, -0.2) is 54.5 Å². The highest BCUT2D eigenvalue weighted by atomic mass is 16.3. The second-order valence-corrected chi connectivity index (χ2v) is 6.37. The summed E-state index contributed by atoms with van der Waals surface area (Å²) in [6.07, 6.45) is 10.2. The fourth-order valence-corrected chi connectivity index (χ4v) is 3.42. The SMILES string of the molecule is CCn1ccnc1CN1C[C@@H](NC(=O)c2ccoc2)[C@@H](n2ccnn2)C1. The van der Waals surface area contributed by atoms with Crippen LogP contribution in [0.5, 0.6) is 0 Å². The standard InChI is InChI=1S/C17H21N7O2/c1-2-23-6-4-18-16(23)11-22-9-14(15(10-22)24-7-5-19-21-24)20-17(25)13-3-8-26-12-13/h3-8,12,14-15H,2,9-11H2,1H3,(H,20,25)/t14-,15+/m1/s1. The van der Waals surface area contributed by atoms with Gasteiger partial charge < -0.3 is 14.3 Å². The van der Waals surface area contributed by atoms with Gasteiger partial charge >= 0.3 is 0 Å². The zero-order valence-electron chi connectivity index (χ0n) is 14.5. The van der Waals surface area contributed by atoms with Gasteiger partial charge in [0.15, 0.2) is 0 Å². The lowest BCUT2D eigenvalue weighted by Crippen LogP contribution is -2.41. The van der Waals surface area contributed by atoms with Crippen LogP contribution in [0.2, 0.25) is 0 Å². The lowest BCUT2D eigenvalue weighted by molar-refractivity contribution is 0.0929. The molecule has 1 aliphatic rings. The van der Waals surface area contributed by atoms with Gasteiger partial charge in [0.05, 0.1) is 36.7 Å². The maximum absolute atomic E-state index is 12.4. The Bertz CT molecular complexity index is 840. The molecule has 0 radical (unpaired) electrons. The molecule has 0 aromatic carbocycles. The molecule has 0 spiro atoms. The van der Waals surface area contributed by atoms with E-state index < -0.39 is 0 Å². The number of aryl methyl sites for hydroxylation is 1. The largest absolute Gasteiger partial charge is 0.472 e. The molecule has 3 aromatic heterocycles. The Balaban J connectivity index is 1.50. The van der Waals surface area contributed by atoms with Crippen LogP contribution in [-0.2, 0) is 13.1 Å². The van der Waals surface area contributed by atoms with Crippen molar-refractivity contribution in [2.75, 3.05) is 13.1 Å². The summed E-state index contributed by atoms with van der Waals surface area (Å²) in [5, 5.41) is 11.1. The second-order valence-electron chi connectivity index (χ2n) is 6.37. The molecule has 1 amide bonds. The second kappa shape index (κ2) is 7.12. The van der Waals surface area contributed by atoms with Crippen molar-refractivity contribution < 1.29 is 9.21 Å². The van der Waals surface area contributed by atoms with Gasteiger partial charge in [-0.25, -0.2) is 9.67 Å². The Labute approximate surface area is 150 Å². The van der Waals surface area contributed by atoms with E-state index in [4.69, 9.17) is 4.42 Å². The van der Waals surface area contributed by atoms with Crippen LogP contribution in [0.25, 0.3) is 0 Å². The molecule has 136 valence electrons. The number of hydrogen-bond acceptors (Lipinski definition) is 6. The maximum Gasteiger partial charge on any atom is 0.254 e. The summed E-state index contributed by atoms with van der Waals surface area (Å²) in [6.45, 7) is 5.18. The normalized spacial score (nSPS) is 20.5. The minimum Gasteiger partial charge on any atom is -0.472 e. The molecule has 3 aromatic rings. The van der Waals surface area contributed by atoms with Crippen molar-refractivity contribution in [2.24, 2.45) is 0 Å². The molecule has 1 aliphatic heterocycles. The van der Waals surface area contributed by atoms with Crippen molar-refractivity contribution in [1.29, 1.82) is 0 Å². The van der Waals surface area contributed by atoms with Crippen LogP contribution in [0.4, 0.5) is 0 Å². The number of furan rings is 1. The molecule has 0 saturated carbocycles. The van der Waals surface area contributed by atoms with Crippen LogP contribution < -0.4 is 5.32 Å². The van der Waals surface area contributed by atoms with Gasteiger partial charge in [-0.15, -0.1) is 5.10 Å². The summed E-state index contributed by atoms with van der Waals surface area (Å²) in [5.41, 5.74) is 0.516. The van der Waals surface area contributed by atoms with Crippen LogP contribution in [0.1, 0.15) is 29.1 Å². The van der Waals surface area contributed by atoms with Gasteiger partial charge in [-0.05, 0) is 13.0 Å². The molecule has 0 unspecified atom stereocenters. The molecule has 0 bridgehead atoms. The lowest BCUT2D eigenvalue weighted by Gasteiger charge is -2.19. The number of rotatable bonds is 6. The Morgan fingerprint density at radius 2 is 2.27 bits per heavy atom. The highest BCUT2D eigenvalue weighted by Gasteiger charge is 2.36. The van der Waals surface area contributed by atoms with Gasteiger partial charge in [-0.2, -0.15) is 0 Å². The number of amides is 1. The minimum atomic E-state index is -0.147. The average molecular weight is 355 g/mol. The fourth-order valence-electron chi connectivity index (χ4n) is 3.42. The molecule has 2 atom stereocenters. The quantitative estimate of drug-likeness (QED) is 0.707. The first-order valence-electron chi connectivity index (χ1n) is 8.66. The van der Waals surface area contributed by atoms with E-state index in [0.717, 1.165) is 25.5 Å². The monoisotopic (exact) mass is 355 g/mol. The van der Waals surface area contributed by atoms with Crippen LogP contribution in [0, 0.1) is 0 Å². The first-order chi connectivity index (χ1) is 12.7. The third-order valence-corrected chi connectivity index (χ3v) is 4.75. The first kappa shape index (κ1) is 16.5. The summed E-state index contributed by atoms with van der Waals surface area (Å²) in [5.74, 6) is 0.873. The number of carbonyl (C=O) groups excluding carboxylic acids is 1. The van der Waals surface area contributed by atoms with E-state index in [1.54, 1.807) is 12.3 Å². The van der Waals surface area contributed by atoms with Crippen molar-refractivity contribution in [3.05, 3.63) is 54.8 Å². The number of likely N-dealkylation sites (tertiary alicyclic amines) is 1. The van der Waals surface area contributed by atoms with Crippen molar-refractivity contribution in [3.8, 4) is 0 Å². The van der Waals surface area contributed by atoms with E-state index in [2.05, 4.69) is 37.0 Å². The van der Waals surface area contributed by atoms with Crippen molar-refractivity contribution in [1.82, 2.24) is 34.8 Å².